The molecule has 0 fully saturated rings. The SMILES string of the molecule is Cc1cc(C(=O)N(C)C)c(C)n1Cc1ccccc1. The molecule has 1 amide bonds. The fourth-order valence-electron chi connectivity index (χ4n) is 2.27. The van der Waals surface area contributed by atoms with Gasteiger partial charge in [0, 0.05) is 32.0 Å². The number of aromatic nitrogens is 1. The van der Waals surface area contributed by atoms with Crippen molar-refractivity contribution in [1.29, 1.82) is 0 Å². The van der Waals surface area contributed by atoms with E-state index in [1.54, 1.807) is 19.0 Å². The largest absolute Gasteiger partial charge is 0.345 e. The molecule has 0 aliphatic rings. The van der Waals surface area contributed by atoms with Crippen molar-refractivity contribution in [1.82, 2.24) is 9.47 Å². The van der Waals surface area contributed by atoms with Gasteiger partial charge in [0.25, 0.3) is 5.91 Å². The van der Waals surface area contributed by atoms with Gasteiger partial charge in [-0.15, -0.1) is 0 Å². The Balaban J connectivity index is 2.35. The molecule has 3 nitrogen and oxygen atoms in total. The smallest absolute Gasteiger partial charge is 0.255 e. The normalized spacial score (nSPS) is 10.5. The highest BCUT2D eigenvalue weighted by Gasteiger charge is 2.16. The number of hydrogen-bond acceptors (Lipinski definition) is 1. The van der Waals surface area contributed by atoms with Crippen molar-refractivity contribution < 1.29 is 4.79 Å². The zero-order valence-corrected chi connectivity index (χ0v) is 12.0. The van der Waals surface area contributed by atoms with Crippen LogP contribution >= 0.6 is 0 Å². The molecule has 0 saturated carbocycles. The van der Waals surface area contributed by atoms with E-state index in [2.05, 4.69) is 16.7 Å². The van der Waals surface area contributed by atoms with Crippen molar-refractivity contribution in [3.63, 3.8) is 0 Å². The fourth-order valence-corrected chi connectivity index (χ4v) is 2.27. The van der Waals surface area contributed by atoms with E-state index in [0.717, 1.165) is 23.5 Å². The van der Waals surface area contributed by atoms with E-state index in [1.165, 1.54) is 5.56 Å². The van der Waals surface area contributed by atoms with E-state index in [9.17, 15) is 4.79 Å². The minimum absolute atomic E-state index is 0.0624. The van der Waals surface area contributed by atoms with Crippen LogP contribution < -0.4 is 0 Å². The average molecular weight is 256 g/mol. The highest BCUT2D eigenvalue weighted by Crippen LogP contribution is 2.18. The molecule has 0 aliphatic heterocycles. The van der Waals surface area contributed by atoms with Gasteiger partial charge < -0.3 is 9.47 Å². The van der Waals surface area contributed by atoms with E-state index >= 15 is 0 Å². The summed E-state index contributed by atoms with van der Waals surface area (Å²) < 4.78 is 2.19. The summed E-state index contributed by atoms with van der Waals surface area (Å²) >= 11 is 0. The van der Waals surface area contributed by atoms with Gasteiger partial charge >= 0.3 is 0 Å². The summed E-state index contributed by atoms with van der Waals surface area (Å²) in [5.41, 5.74) is 4.18. The van der Waals surface area contributed by atoms with Gasteiger partial charge in [0.15, 0.2) is 0 Å². The number of carbonyl (C=O) groups is 1. The number of nitrogens with zero attached hydrogens (tertiary/aromatic N) is 2. The summed E-state index contributed by atoms with van der Waals surface area (Å²) in [6, 6.07) is 12.3. The van der Waals surface area contributed by atoms with Gasteiger partial charge in [0.05, 0.1) is 5.56 Å². The average Bonchev–Trinajstić information content (AvgIpc) is 2.67. The quantitative estimate of drug-likeness (QED) is 0.829. The van der Waals surface area contributed by atoms with Gasteiger partial charge in [-0.3, -0.25) is 4.79 Å². The summed E-state index contributed by atoms with van der Waals surface area (Å²) in [5.74, 6) is 0.0624. The third-order valence-corrected chi connectivity index (χ3v) is 3.39. The molecule has 1 aromatic heterocycles. The maximum absolute atomic E-state index is 12.1. The van der Waals surface area contributed by atoms with Crippen molar-refractivity contribution in [2.45, 2.75) is 20.4 Å². The fraction of sp³-hybridized carbons (Fsp3) is 0.312. The van der Waals surface area contributed by atoms with Crippen LogP contribution in [0.3, 0.4) is 0 Å². The number of rotatable bonds is 3. The van der Waals surface area contributed by atoms with Crippen molar-refractivity contribution in [2.75, 3.05) is 14.1 Å². The predicted octanol–water partition coefficient (Wildman–Crippen LogP) is 2.86. The molecular formula is C16H20N2O. The Bertz CT molecular complexity index is 582. The molecule has 0 N–H and O–H groups in total. The lowest BCUT2D eigenvalue weighted by Crippen LogP contribution is -2.22. The van der Waals surface area contributed by atoms with Gasteiger partial charge in [-0.2, -0.15) is 0 Å². The molecule has 1 heterocycles. The van der Waals surface area contributed by atoms with Gasteiger partial charge in [0.2, 0.25) is 0 Å². The molecule has 19 heavy (non-hydrogen) atoms. The van der Waals surface area contributed by atoms with Crippen molar-refractivity contribution in [3.8, 4) is 0 Å². The molecule has 0 bridgehead atoms. The van der Waals surface area contributed by atoms with Crippen LogP contribution in [0.1, 0.15) is 27.3 Å². The van der Waals surface area contributed by atoms with Crippen LogP contribution in [-0.4, -0.2) is 29.5 Å². The number of amides is 1. The molecule has 100 valence electrons. The molecule has 0 radical (unpaired) electrons. The maximum Gasteiger partial charge on any atom is 0.255 e. The van der Waals surface area contributed by atoms with E-state index in [-0.39, 0.29) is 5.91 Å². The van der Waals surface area contributed by atoms with Crippen LogP contribution in [0, 0.1) is 13.8 Å². The van der Waals surface area contributed by atoms with E-state index in [4.69, 9.17) is 0 Å². The summed E-state index contributed by atoms with van der Waals surface area (Å²) in [7, 11) is 3.57. The Morgan fingerprint density at radius 2 is 1.79 bits per heavy atom. The number of aryl methyl sites for hydroxylation is 1. The summed E-state index contributed by atoms with van der Waals surface area (Å²) in [5, 5.41) is 0. The first-order chi connectivity index (χ1) is 9.00. The minimum atomic E-state index is 0.0624. The lowest BCUT2D eigenvalue weighted by Gasteiger charge is -2.12. The zero-order valence-electron chi connectivity index (χ0n) is 12.0. The third kappa shape index (κ3) is 2.70. The molecule has 0 aliphatic carbocycles. The van der Waals surface area contributed by atoms with Gasteiger partial charge in [-0.25, -0.2) is 0 Å². The molecule has 0 spiro atoms. The van der Waals surface area contributed by atoms with E-state index in [0.29, 0.717) is 0 Å². The van der Waals surface area contributed by atoms with Crippen molar-refractivity contribution >= 4 is 5.91 Å². The standard InChI is InChI=1S/C16H20N2O/c1-12-10-15(16(19)17(3)4)13(2)18(12)11-14-8-6-5-7-9-14/h5-10H,11H2,1-4H3. The van der Waals surface area contributed by atoms with E-state index in [1.807, 2.05) is 38.1 Å². The summed E-state index contributed by atoms with van der Waals surface area (Å²) in [6.07, 6.45) is 0. The summed E-state index contributed by atoms with van der Waals surface area (Å²) in [4.78, 5) is 13.7. The molecule has 0 atom stereocenters. The second-order valence-corrected chi connectivity index (χ2v) is 5.06. The lowest BCUT2D eigenvalue weighted by atomic mass is 10.2. The summed E-state index contributed by atoms with van der Waals surface area (Å²) in [6.45, 7) is 4.86. The van der Waals surface area contributed by atoms with Crippen LogP contribution in [0.25, 0.3) is 0 Å². The van der Waals surface area contributed by atoms with Crippen LogP contribution in [0.4, 0.5) is 0 Å². The monoisotopic (exact) mass is 256 g/mol. The highest BCUT2D eigenvalue weighted by molar-refractivity contribution is 5.95. The maximum atomic E-state index is 12.1. The van der Waals surface area contributed by atoms with Crippen LogP contribution in [-0.2, 0) is 6.54 Å². The number of hydrogen-bond donors (Lipinski definition) is 0. The van der Waals surface area contributed by atoms with Gasteiger partial charge in [-0.05, 0) is 25.5 Å². The second-order valence-electron chi connectivity index (χ2n) is 5.06. The minimum Gasteiger partial charge on any atom is -0.345 e. The van der Waals surface area contributed by atoms with Crippen LogP contribution in [0.15, 0.2) is 36.4 Å². The van der Waals surface area contributed by atoms with Gasteiger partial charge in [0.1, 0.15) is 0 Å². The van der Waals surface area contributed by atoms with Crippen molar-refractivity contribution in [2.24, 2.45) is 0 Å². The molecule has 2 aromatic rings. The predicted molar refractivity (Wildman–Crippen MR) is 77.5 cm³/mol. The molecule has 2 rings (SSSR count). The molecule has 0 unspecified atom stereocenters. The first-order valence-electron chi connectivity index (χ1n) is 6.43. The first-order valence-corrected chi connectivity index (χ1v) is 6.43. The van der Waals surface area contributed by atoms with Crippen LogP contribution in [0.2, 0.25) is 0 Å². The Morgan fingerprint density at radius 1 is 1.16 bits per heavy atom. The van der Waals surface area contributed by atoms with Crippen LogP contribution in [0.5, 0.6) is 0 Å². The van der Waals surface area contributed by atoms with E-state index < -0.39 is 0 Å². The van der Waals surface area contributed by atoms with Crippen molar-refractivity contribution in [3.05, 3.63) is 58.9 Å². The topological polar surface area (TPSA) is 25.2 Å². The molecule has 3 heteroatoms. The zero-order chi connectivity index (χ0) is 14.0. The Kier molecular flexibility index (Phi) is 3.74. The second kappa shape index (κ2) is 5.31. The first kappa shape index (κ1) is 13.4. The Hall–Kier alpha value is -2.03. The lowest BCUT2D eigenvalue weighted by molar-refractivity contribution is 0.0827. The third-order valence-electron chi connectivity index (χ3n) is 3.39. The number of carbonyl (C=O) groups excluding carboxylic acids is 1. The molecule has 1 aromatic carbocycles. The Morgan fingerprint density at radius 3 is 2.37 bits per heavy atom. The highest BCUT2D eigenvalue weighted by atomic mass is 16.2. The number of benzene rings is 1. The van der Waals surface area contributed by atoms with Gasteiger partial charge in [-0.1, -0.05) is 30.3 Å². The molecular weight excluding hydrogens is 236 g/mol. The Labute approximate surface area is 114 Å². The molecule has 0 saturated heterocycles.